The van der Waals surface area contributed by atoms with Crippen molar-refractivity contribution in [2.75, 3.05) is 19.8 Å². The van der Waals surface area contributed by atoms with Gasteiger partial charge in [0.25, 0.3) is 0 Å². The van der Waals surface area contributed by atoms with E-state index in [1.165, 1.54) is 0 Å². The van der Waals surface area contributed by atoms with Crippen molar-refractivity contribution in [1.82, 2.24) is 0 Å². The molecule has 0 spiro atoms. The fourth-order valence-corrected chi connectivity index (χ4v) is 1.19. The molecule has 0 bridgehead atoms. The normalized spacial score (nSPS) is 24.3. The molecule has 1 rings (SSSR count). The number of esters is 1. The van der Waals surface area contributed by atoms with Crippen LogP contribution in [0, 0.1) is 5.92 Å². The molecule has 0 aromatic carbocycles. The van der Waals surface area contributed by atoms with Crippen LogP contribution < -0.4 is 5.73 Å². The molecule has 2 N–H and O–H groups in total. The van der Waals surface area contributed by atoms with Crippen LogP contribution in [-0.2, 0) is 14.3 Å². The number of hydrogen-bond acceptors (Lipinski definition) is 4. The zero-order chi connectivity index (χ0) is 9.68. The summed E-state index contributed by atoms with van der Waals surface area (Å²) in [5, 5.41) is 0. The predicted octanol–water partition coefficient (Wildman–Crippen LogP) is 0.303. The highest BCUT2D eigenvalue weighted by molar-refractivity contribution is 5.75. The third kappa shape index (κ3) is 3.32. The third-order valence-electron chi connectivity index (χ3n) is 2.23. The molecule has 0 radical (unpaired) electrons. The minimum absolute atomic E-state index is 0.297. The van der Waals surface area contributed by atoms with Gasteiger partial charge >= 0.3 is 5.97 Å². The number of hydrogen-bond donors (Lipinski definition) is 1. The van der Waals surface area contributed by atoms with Crippen LogP contribution in [0.2, 0.25) is 0 Å². The van der Waals surface area contributed by atoms with Crippen LogP contribution >= 0.6 is 0 Å². The third-order valence-corrected chi connectivity index (χ3v) is 2.23. The van der Waals surface area contributed by atoms with Gasteiger partial charge < -0.3 is 15.2 Å². The van der Waals surface area contributed by atoms with Crippen LogP contribution in [0.15, 0.2) is 0 Å². The van der Waals surface area contributed by atoms with Gasteiger partial charge in [-0.2, -0.15) is 0 Å². The van der Waals surface area contributed by atoms with Crippen molar-refractivity contribution in [2.24, 2.45) is 11.7 Å². The Hall–Kier alpha value is -0.610. The van der Waals surface area contributed by atoms with Crippen molar-refractivity contribution in [2.45, 2.75) is 25.8 Å². The lowest BCUT2D eigenvalue weighted by molar-refractivity contribution is -0.146. The molecule has 0 aromatic heterocycles. The van der Waals surface area contributed by atoms with Gasteiger partial charge in [-0.25, -0.2) is 0 Å². The number of carbonyl (C=O) groups excluding carboxylic acids is 1. The molecule has 1 aliphatic rings. The standard InChI is InChI=1S/C9H17NO3/c1-2-8(10)9(11)13-6-7-3-4-12-5-7/h7-8H,2-6,10H2,1H3/t7?,8-/m0/s1. The van der Waals surface area contributed by atoms with Gasteiger partial charge in [0.1, 0.15) is 6.04 Å². The summed E-state index contributed by atoms with van der Waals surface area (Å²) in [4.78, 5) is 11.1. The summed E-state index contributed by atoms with van der Waals surface area (Å²) in [6, 6.07) is -0.470. The molecular formula is C9H17NO3. The number of ether oxygens (including phenoxy) is 2. The van der Waals surface area contributed by atoms with Crippen LogP contribution in [0.25, 0.3) is 0 Å². The van der Waals surface area contributed by atoms with E-state index in [1.807, 2.05) is 6.92 Å². The predicted molar refractivity (Wildman–Crippen MR) is 48.2 cm³/mol. The van der Waals surface area contributed by atoms with Gasteiger partial charge in [-0.3, -0.25) is 4.79 Å². The monoisotopic (exact) mass is 187 g/mol. The molecule has 76 valence electrons. The fourth-order valence-electron chi connectivity index (χ4n) is 1.19. The van der Waals surface area contributed by atoms with E-state index in [0.717, 1.165) is 13.0 Å². The molecule has 0 amide bonds. The number of rotatable bonds is 4. The molecular weight excluding hydrogens is 170 g/mol. The van der Waals surface area contributed by atoms with E-state index in [9.17, 15) is 4.79 Å². The Morgan fingerprint density at radius 1 is 1.77 bits per heavy atom. The highest BCUT2D eigenvalue weighted by atomic mass is 16.5. The van der Waals surface area contributed by atoms with Gasteiger partial charge in [-0.05, 0) is 12.8 Å². The fraction of sp³-hybridized carbons (Fsp3) is 0.889. The second-order valence-corrected chi connectivity index (χ2v) is 3.37. The topological polar surface area (TPSA) is 61.6 Å². The molecule has 1 heterocycles. The smallest absolute Gasteiger partial charge is 0.322 e. The Labute approximate surface area is 78.4 Å². The molecule has 0 aromatic rings. The van der Waals surface area contributed by atoms with E-state index in [4.69, 9.17) is 15.2 Å². The highest BCUT2D eigenvalue weighted by Gasteiger charge is 2.19. The lowest BCUT2D eigenvalue weighted by Crippen LogP contribution is -2.32. The van der Waals surface area contributed by atoms with E-state index in [0.29, 0.717) is 25.6 Å². The first-order valence-corrected chi connectivity index (χ1v) is 4.74. The zero-order valence-electron chi connectivity index (χ0n) is 7.99. The van der Waals surface area contributed by atoms with Crippen molar-refractivity contribution in [3.8, 4) is 0 Å². The minimum atomic E-state index is -0.470. The molecule has 1 aliphatic heterocycles. The Balaban J connectivity index is 2.13. The van der Waals surface area contributed by atoms with E-state index < -0.39 is 6.04 Å². The Kier molecular flexibility index (Phi) is 4.18. The molecule has 4 nitrogen and oxygen atoms in total. The number of carbonyl (C=O) groups is 1. The van der Waals surface area contributed by atoms with Gasteiger partial charge in [0.2, 0.25) is 0 Å². The first kappa shape index (κ1) is 10.5. The van der Waals surface area contributed by atoms with Crippen LogP contribution in [0.1, 0.15) is 19.8 Å². The molecule has 1 fully saturated rings. The van der Waals surface area contributed by atoms with E-state index in [1.54, 1.807) is 0 Å². The first-order chi connectivity index (χ1) is 6.24. The molecule has 0 saturated carbocycles. The van der Waals surface area contributed by atoms with Gasteiger partial charge in [0.05, 0.1) is 13.2 Å². The molecule has 1 unspecified atom stereocenters. The Morgan fingerprint density at radius 3 is 3.08 bits per heavy atom. The van der Waals surface area contributed by atoms with Crippen molar-refractivity contribution < 1.29 is 14.3 Å². The second-order valence-electron chi connectivity index (χ2n) is 3.37. The minimum Gasteiger partial charge on any atom is -0.464 e. The molecule has 1 saturated heterocycles. The zero-order valence-corrected chi connectivity index (χ0v) is 7.99. The van der Waals surface area contributed by atoms with Crippen LogP contribution in [0.4, 0.5) is 0 Å². The Morgan fingerprint density at radius 2 is 2.54 bits per heavy atom. The van der Waals surface area contributed by atoms with Crippen molar-refractivity contribution in [3.05, 3.63) is 0 Å². The summed E-state index contributed by atoms with van der Waals surface area (Å²) in [6.45, 7) is 3.80. The second kappa shape index (κ2) is 5.19. The van der Waals surface area contributed by atoms with Crippen molar-refractivity contribution >= 4 is 5.97 Å². The van der Waals surface area contributed by atoms with Crippen molar-refractivity contribution in [1.29, 1.82) is 0 Å². The van der Waals surface area contributed by atoms with Gasteiger partial charge in [0.15, 0.2) is 0 Å². The van der Waals surface area contributed by atoms with Crippen LogP contribution in [0.3, 0.4) is 0 Å². The summed E-state index contributed by atoms with van der Waals surface area (Å²) in [7, 11) is 0. The summed E-state index contributed by atoms with van der Waals surface area (Å²) >= 11 is 0. The molecule has 13 heavy (non-hydrogen) atoms. The lowest BCUT2D eigenvalue weighted by atomic mass is 10.1. The van der Waals surface area contributed by atoms with E-state index >= 15 is 0 Å². The lowest BCUT2D eigenvalue weighted by Gasteiger charge is -2.11. The maximum Gasteiger partial charge on any atom is 0.322 e. The summed E-state index contributed by atoms with van der Waals surface area (Å²) in [6.07, 6.45) is 1.61. The van der Waals surface area contributed by atoms with Gasteiger partial charge in [-0.15, -0.1) is 0 Å². The van der Waals surface area contributed by atoms with Crippen LogP contribution in [-0.4, -0.2) is 31.8 Å². The highest BCUT2D eigenvalue weighted by Crippen LogP contribution is 2.12. The Bertz CT molecular complexity index is 166. The largest absolute Gasteiger partial charge is 0.464 e. The molecule has 2 atom stereocenters. The van der Waals surface area contributed by atoms with Gasteiger partial charge in [-0.1, -0.05) is 6.92 Å². The van der Waals surface area contributed by atoms with Gasteiger partial charge in [0, 0.05) is 12.5 Å². The maximum atomic E-state index is 11.1. The quantitative estimate of drug-likeness (QED) is 0.643. The SMILES string of the molecule is CC[C@H](N)C(=O)OCC1CCOC1. The first-order valence-electron chi connectivity index (χ1n) is 4.74. The molecule has 4 heteroatoms. The van der Waals surface area contributed by atoms with E-state index in [-0.39, 0.29) is 5.97 Å². The van der Waals surface area contributed by atoms with E-state index in [2.05, 4.69) is 0 Å². The average Bonchev–Trinajstić information content (AvgIpc) is 2.65. The number of nitrogens with two attached hydrogens (primary N) is 1. The van der Waals surface area contributed by atoms with Crippen molar-refractivity contribution in [3.63, 3.8) is 0 Å². The summed E-state index contributed by atoms with van der Waals surface area (Å²) < 4.78 is 10.2. The average molecular weight is 187 g/mol. The maximum absolute atomic E-state index is 11.1. The van der Waals surface area contributed by atoms with Crippen LogP contribution in [0.5, 0.6) is 0 Å². The molecule has 0 aliphatic carbocycles. The summed E-state index contributed by atoms with van der Waals surface area (Å²) in [5.74, 6) is 0.0717. The summed E-state index contributed by atoms with van der Waals surface area (Å²) in [5.41, 5.74) is 5.50.